The minimum atomic E-state index is -0.940. The molecular formula is C34H52N8O6+2. The maximum Gasteiger partial charge on any atom is 0.415 e. The number of amides is 3. The fourth-order valence-corrected chi connectivity index (χ4v) is 8.93. The quantitative estimate of drug-likeness (QED) is 0.0410. The Kier molecular flexibility index (Phi) is 9.11. The van der Waals surface area contributed by atoms with Gasteiger partial charge in [-0.15, -0.1) is 0 Å². The number of ether oxygens (including phenoxy) is 2. The number of nitrogens with one attached hydrogen (secondary N) is 3. The van der Waals surface area contributed by atoms with Crippen LogP contribution in [0.4, 0.5) is 4.79 Å². The fourth-order valence-electron chi connectivity index (χ4n) is 8.93. The Morgan fingerprint density at radius 2 is 2.04 bits per heavy atom. The second-order valence-electron chi connectivity index (χ2n) is 14.7. The van der Waals surface area contributed by atoms with Crippen LogP contribution in [0.3, 0.4) is 0 Å². The van der Waals surface area contributed by atoms with E-state index in [1.165, 1.54) is 17.7 Å². The van der Waals surface area contributed by atoms with Crippen molar-refractivity contribution in [1.82, 2.24) is 15.5 Å². The number of guanidine groups is 1. The van der Waals surface area contributed by atoms with E-state index in [2.05, 4.69) is 29.3 Å². The van der Waals surface area contributed by atoms with Crippen molar-refractivity contribution in [2.75, 3.05) is 53.4 Å². The Hall–Kier alpha value is -3.88. The van der Waals surface area contributed by atoms with Gasteiger partial charge in [0.2, 0.25) is 11.8 Å². The summed E-state index contributed by atoms with van der Waals surface area (Å²) in [6.45, 7) is 6.93. The Balaban J connectivity index is 1.13. The van der Waals surface area contributed by atoms with Crippen LogP contribution in [-0.4, -0.2) is 116 Å². The van der Waals surface area contributed by atoms with Gasteiger partial charge in [0.05, 0.1) is 38.6 Å². The zero-order chi connectivity index (χ0) is 34.4. The van der Waals surface area contributed by atoms with Gasteiger partial charge in [-0.3, -0.25) is 26.0 Å². The average Bonchev–Trinajstić information content (AvgIpc) is 3.78. The lowest BCUT2D eigenvalue weighted by Gasteiger charge is -2.65. The molecule has 2 heterocycles. The van der Waals surface area contributed by atoms with Gasteiger partial charge < -0.3 is 40.3 Å². The van der Waals surface area contributed by atoms with Crippen LogP contribution in [0.5, 0.6) is 11.5 Å². The molecule has 10 N–H and O–H groups in total. The van der Waals surface area contributed by atoms with Crippen LogP contribution >= 0.6 is 0 Å². The molecule has 6 rings (SSSR count). The molecule has 2 bridgehead atoms. The number of piperidine rings is 1. The molecular weight excluding hydrogens is 616 g/mol. The molecule has 1 spiro atoms. The number of nitrogens with zero attached hydrogens (tertiary/aromatic N) is 2. The molecule has 14 nitrogen and oxygen atoms in total. The Bertz CT molecular complexity index is 1510. The summed E-state index contributed by atoms with van der Waals surface area (Å²) in [5, 5.41) is 18.2. The topological polar surface area (TPSA) is 209 Å². The molecule has 2 saturated carbocycles. The first-order valence-corrected chi connectivity index (χ1v) is 17.2. The van der Waals surface area contributed by atoms with Crippen molar-refractivity contribution in [3.05, 3.63) is 35.4 Å². The summed E-state index contributed by atoms with van der Waals surface area (Å²) >= 11 is 0. The van der Waals surface area contributed by atoms with Gasteiger partial charge in [0.25, 0.3) is 0 Å². The molecule has 1 unspecified atom stereocenters. The molecule has 3 aliphatic carbocycles. The standard InChI is InChI=1S/C34H50N8O6/c1-20-10-11-34(46)25-17-22-8-9-24(28-27(22)33(34,29(20)48-28)12-16-42(25,3)19-21-6-7-21)47-32(45)41(2)15-14-38-30(44)23(40-26(43)18-35)5-4-13-39-31(36)37/h8-9,21,23,25,29,46H,1,4-7,10-19,35H2,2-3H3,(H5-,36,37,38,39,40,43,44)/p+2/t23-,25-,29-,33-,34+,42?/m0/s1. The molecule has 2 aliphatic heterocycles. The zero-order valence-corrected chi connectivity index (χ0v) is 28.2. The Morgan fingerprint density at radius 3 is 2.75 bits per heavy atom. The van der Waals surface area contributed by atoms with Crippen molar-refractivity contribution >= 4 is 23.9 Å². The summed E-state index contributed by atoms with van der Waals surface area (Å²) in [5.74, 6) is 0.824. The lowest BCUT2D eigenvalue weighted by atomic mass is 9.48. The number of likely N-dealkylation sites (N-methyl/N-ethyl adjacent to an activating group) is 2. The van der Waals surface area contributed by atoms with E-state index in [1.807, 2.05) is 6.07 Å². The molecule has 3 amide bonds. The van der Waals surface area contributed by atoms with Gasteiger partial charge in [0, 0.05) is 44.5 Å². The highest BCUT2D eigenvalue weighted by atomic mass is 16.6. The van der Waals surface area contributed by atoms with Crippen molar-refractivity contribution in [3.63, 3.8) is 0 Å². The van der Waals surface area contributed by atoms with Crippen LogP contribution in [0.15, 0.2) is 24.3 Å². The highest BCUT2D eigenvalue weighted by Crippen LogP contribution is 2.67. The zero-order valence-electron chi connectivity index (χ0n) is 28.2. The number of quaternary nitrogens is 1. The number of likely N-dealkylation sites (tertiary alicyclic amines) is 1. The first-order valence-electron chi connectivity index (χ1n) is 17.2. The van der Waals surface area contributed by atoms with E-state index in [0.717, 1.165) is 53.0 Å². The molecule has 48 heavy (non-hydrogen) atoms. The van der Waals surface area contributed by atoms with Gasteiger partial charge in [0.15, 0.2) is 11.5 Å². The van der Waals surface area contributed by atoms with Crippen molar-refractivity contribution in [3.8, 4) is 11.5 Å². The number of nitrogens with two attached hydrogens (primary N) is 3. The van der Waals surface area contributed by atoms with E-state index in [9.17, 15) is 19.5 Å². The average molecular weight is 669 g/mol. The van der Waals surface area contributed by atoms with Crippen molar-refractivity contribution < 1.29 is 38.4 Å². The molecule has 3 fully saturated rings. The third-order valence-electron chi connectivity index (χ3n) is 11.5. The van der Waals surface area contributed by atoms with Gasteiger partial charge in [-0.2, -0.15) is 0 Å². The third kappa shape index (κ3) is 5.87. The maximum atomic E-state index is 13.3. The second kappa shape index (κ2) is 12.9. The lowest BCUT2D eigenvalue weighted by molar-refractivity contribution is -0.950. The third-order valence-corrected chi connectivity index (χ3v) is 11.5. The van der Waals surface area contributed by atoms with E-state index >= 15 is 0 Å². The first kappa shape index (κ1) is 34.0. The highest BCUT2D eigenvalue weighted by Gasteiger charge is 2.75. The summed E-state index contributed by atoms with van der Waals surface area (Å²) in [5.41, 5.74) is 17.8. The minimum Gasteiger partial charge on any atom is -0.481 e. The molecule has 262 valence electrons. The molecule has 0 aromatic heterocycles. The van der Waals surface area contributed by atoms with Gasteiger partial charge in [0.1, 0.15) is 23.8 Å². The van der Waals surface area contributed by atoms with Crippen LogP contribution in [0, 0.1) is 5.92 Å². The van der Waals surface area contributed by atoms with Gasteiger partial charge >= 0.3 is 12.1 Å². The van der Waals surface area contributed by atoms with E-state index in [-0.39, 0.29) is 37.7 Å². The Labute approximate surface area is 281 Å². The molecule has 14 heteroatoms. The number of hydrogen-bond acceptors (Lipinski definition) is 7. The van der Waals surface area contributed by atoms with Crippen LogP contribution in [0.2, 0.25) is 0 Å². The SMILES string of the molecule is C=C1CC[C@@]2(O)[C@@H]3Cc4ccc(OC(=O)N(C)CCNC(=O)[C@H](CCC[NH+]=C(N)N)NC(=O)CN)c5c4[C@@]2(CC[N+]3(C)CC2CC2)[C@H]1O5. The predicted molar refractivity (Wildman–Crippen MR) is 178 cm³/mol. The number of rotatable bonds is 13. The van der Waals surface area contributed by atoms with E-state index in [1.54, 1.807) is 13.1 Å². The largest absolute Gasteiger partial charge is 0.481 e. The van der Waals surface area contributed by atoms with Crippen molar-refractivity contribution in [2.45, 2.75) is 80.6 Å². The number of hydrogen-bond donors (Lipinski definition) is 7. The smallest absolute Gasteiger partial charge is 0.415 e. The van der Waals surface area contributed by atoms with Crippen LogP contribution in [-0.2, 0) is 21.4 Å². The predicted octanol–water partition coefficient (Wildman–Crippen LogP) is -1.92. The number of benzene rings is 1. The molecule has 0 radical (unpaired) electrons. The Morgan fingerprint density at radius 1 is 1.27 bits per heavy atom. The summed E-state index contributed by atoms with van der Waals surface area (Å²) in [6, 6.07) is 3.11. The van der Waals surface area contributed by atoms with Crippen molar-refractivity contribution in [2.24, 2.45) is 23.1 Å². The van der Waals surface area contributed by atoms with Crippen LogP contribution in [0.25, 0.3) is 0 Å². The van der Waals surface area contributed by atoms with Crippen molar-refractivity contribution in [1.29, 1.82) is 0 Å². The summed E-state index contributed by atoms with van der Waals surface area (Å²) in [7, 11) is 3.92. The maximum absolute atomic E-state index is 13.3. The molecule has 6 atom stereocenters. The van der Waals surface area contributed by atoms with E-state index in [4.69, 9.17) is 26.7 Å². The summed E-state index contributed by atoms with van der Waals surface area (Å²) in [4.78, 5) is 42.3. The van der Waals surface area contributed by atoms with Gasteiger partial charge in [-0.05, 0) is 55.7 Å². The highest BCUT2D eigenvalue weighted by molar-refractivity contribution is 5.88. The minimum absolute atomic E-state index is 0.0716. The number of carbonyl (C=O) groups is 3. The lowest BCUT2D eigenvalue weighted by Crippen LogP contribution is -2.80. The summed E-state index contributed by atoms with van der Waals surface area (Å²) < 4.78 is 13.5. The molecule has 1 aromatic carbocycles. The summed E-state index contributed by atoms with van der Waals surface area (Å²) in [6.07, 6.45) is 5.32. The van der Waals surface area contributed by atoms with Gasteiger partial charge in [-0.1, -0.05) is 12.6 Å². The molecule has 1 saturated heterocycles. The van der Waals surface area contributed by atoms with Crippen LogP contribution < -0.4 is 42.3 Å². The molecule has 5 aliphatic rings. The first-order chi connectivity index (χ1) is 22.8. The second-order valence-corrected chi connectivity index (χ2v) is 14.7. The van der Waals surface area contributed by atoms with Gasteiger partial charge in [-0.25, -0.2) is 4.79 Å². The normalized spacial score (nSPS) is 30.0. The molecule has 1 aromatic rings. The van der Waals surface area contributed by atoms with E-state index in [0.29, 0.717) is 43.7 Å². The monoisotopic (exact) mass is 668 g/mol. The number of aliphatic hydroxyl groups is 1. The van der Waals surface area contributed by atoms with Crippen LogP contribution in [0.1, 0.15) is 56.1 Å². The number of carbonyl (C=O) groups excluding carboxylic acids is 3. The fraction of sp³-hybridized carbons (Fsp3) is 0.647. The van der Waals surface area contributed by atoms with E-state index < -0.39 is 35.0 Å².